The minimum absolute atomic E-state index is 0.0634. The van der Waals surface area contributed by atoms with Gasteiger partial charge in [-0.2, -0.15) is 0 Å². The molecular weight excluding hydrogens is 182 g/mol. The normalized spacial score (nSPS) is 12.4. The van der Waals surface area contributed by atoms with Crippen molar-refractivity contribution < 1.29 is 4.92 Å². The van der Waals surface area contributed by atoms with E-state index in [0.717, 1.165) is 0 Å². The first-order valence-corrected chi connectivity index (χ1v) is 4.35. The molecule has 0 saturated carbocycles. The maximum atomic E-state index is 10.6. The van der Waals surface area contributed by atoms with Crippen LogP contribution >= 0.6 is 0 Å². The van der Waals surface area contributed by atoms with Crippen LogP contribution in [0.1, 0.15) is 18.0 Å². The van der Waals surface area contributed by atoms with E-state index >= 15 is 0 Å². The summed E-state index contributed by atoms with van der Waals surface area (Å²) in [5, 5.41) is 10.6. The largest absolute Gasteiger partial charge is 0.330 e. The van der Waals surface area contributed by atoms with Gasteiger partial charge < -0.3 is 11.5 Å². The van der Waals surface area contributed by atoms with Gasteiger partial charge in [0.2, 0.25) is 0 Å². The monoisotopic (exact) mass is 195 g/mol. The van der Waals surface area contributed by atoms with Crippen LogP contribution in [-0.4, -0.2) is 11.5 Å². The van der Waals surface area contributed by atoms with Crippen molar-refractivity contribution in [2.24, 2.45) is 11.5 Å². The van der Waals surface area contributed by atoms with Crippen molar-refractivity contribution in [2.75, 3.05) is 6.54 Å². The van der Waals surface area contributed by atoms with Gasteiger partial charge in [-0.05, 0) is 13.0 Å². The highest BCUT2D eigenvalue weighted by atomic mass is 16.6. The highest BCUT2D eigenvalue weighted by molar-refractivity contribution is 5.41. The second-order valence-corrected chi connectivity index (χ2v) is 3.00. The number of benzene rings is 1. The Morgan fingerprint density at radius 3 is 2.64 bits per heavy atom. The van der Waals surface area contributed by atoms with Crippen molar-refractivity contribution in [3.05, 3.63) is 39.9 Å². The molecule has 0 bridgehead atoms. The summed E-state index contributed by atoms with van der Waals surface area (Å²) >= 11 is 0. The molecule has 1 aromatic carbocycles. The van der Waals surface area contributed by atoms with Crippen molar-refractivity contribution in [1.82, 2.24) is 0 Å². The number of hydrogen-bond donors (Lipinski definition) is 2. The zero-order valence-electron chi connectivity index (χ0n) is 7.72. The maximum absolute atomic E-state index is 10.6. The summed E-state index contributed by atoms with van der Waals surface area (Å²) in [7, 11) is 0. The van der Waals surface area contributed by atoms with Gasteiger partial charge in [0.25, 0.3) is 5.69 Å². The summed E-state index contributed by atoms with van der Waals surface area (Å²) in [5.74, 6) is 0. The third kappa shape index (κ3) is 2.27. The summed E-state index contributed by atoms with van der Waals surface area (Å²) in [6.07, 6.45) is 0.546. The fraction of sp³-hybridized carbons (Fsp3) is 0.333. The van der Waals surface area contributed by atoms with Crippen molar-refractivity contribution >= 4 is 5.69 Å². The molecule has 5 heteroatoms. The van der Waals surface area contributed by atoms with Gasteiger partial charge in [0.15, 0.2) is 0 Å². The number of nitrogens with two attached hydrogens (primary N) is 2. The second-order valence-electron chi connectivity index (χ2n) is 3.00. The molecule has 5 nitrogen and oxygen atoms in total. The van der Waals surface area contributed by atoms with E-state index in [2.05, 4.69) is 0 Å². The SMILES string of the molecule is NCC[C@@H](N)c1ccccc1[N+](=O)[O-]. The average Bonchev–Trinajstić information content (AvgIpc) is 2.18. The maximum Gasteiger partial charge on any atom is 0.274 e. The minimum Gasteiger partial charge on any atom is -0.330 e. The predicted molar refractivity (Wildman–Crippen MR) is 53.7 cm³/mol. The van der Waals surface area contributed by atoms with Crippen LogP contribution in [0, 0.1) is 10.1 Å². The smallest absolute Gasteiger partial charge is 0.274 e. The molecule has 4 N–H and O–H groups in total. The van der Waals surface area contributed by atoms with E-state index in [9.17, 15) is 10.1 Å². The van der Waals surface area contributed by atoms with E-state index in [0.29, 0.717) is 18.5 Å². The lowest BCUT2D eigenvalue weighted by Gasteiger charge is -2.10. The molecule has 1 atom stereocenters. The lowest BCUT2D eigenvalue weighted by atomic mass is 10.0. The molecule has 0 aliphatic heterocycles. The molecule has 14 heavy (non-hydrogen) atoms. The summed E-state index contributed by atoms with van der Waals surface area (Å²) in [6.45, 7) is 0.424. The zero-order valence-corrected chi connectivity index (χ0v) is 7.72. The Balaban J connectivity index is 3.00. The zero-order chi connectivity index (χ0) is 10.6. The van der Waals surface area contributed by atoms with Crippen molar-refractivity contribution in [3.8, 4) is 0 Å². The van der Waals surface area contributed by atoms with Gasteiger partial charge in [-0.25, -0.2) is 0 Å². The third-order valence-electron chi connectivity index (χ3n) is 2.01. The lowest BCUT2D eigenvalue weighted by molar-refractivity contribution is -0.385. The van der Waals surface area contributed by atoms with Crippen LogP contribution in [0.25, 0.3) is 0 Å². The summed E-state index contributed by atoms with van der Waals surface area (Å²) in [6, 6.07) is 6.11. The summed E-state index contributed by atoms with van der Waals surface area (Å²) in [5.41, 5.74) is 11.7. The molecule has 0 radical (unpaired) electrons. The fourth-order valence-electron chi connectivity index (χ4n) is 1.30. The van der Waals surface area contributed by atoms with Crippen molar-refractivity contribution in [3.63, 3.8) is 0 Å². The number of rotatable bonds is 4. The van der Waals surface area contributed by atoms with Crippen LogP contribution in [0.15, 0.2) is 24.3 Å². The first-order chi connectivity index (χ1) is 6.66. The van der Waals surface area contributed by atoms with Crippen LogP contribution in [0.5, 0.6) is 0 Å². The summed E-state index contributed by atoms with van der Waals surface area (Å²) in [4.78, 5) is 10.2. The second kappa shape index (κ2) is 4.69. The van der Waals surface area contributed by atoms with Crippen LogP contribution in [0.2, 0.25) is 0 Å². The Morgan fingerprint density at radius 1 is 1.43 bits per heavy atom. The molecule has 0 saturated heterocycles. The fourth-order valence-corrected chi connectivity index (χ4v) is 1.30. The van der Waals surface area contributed by atoms with Gasteiger partial charge in [-0.3, -0.25) is 10.1 Å². The molecule has 0 aromatic heterocycles. The molecule has 0 amide bonds. The van der Waals surface area contributed by atoms with E-state index < -0.39 is 4.92 Å². The van der Waals surface area contributed by atoms with Gasteiger partial charge >= 0.3 is 0 Å². The van der Waals surface area contributed by atoms with Crippen LogP contribution in [0.3, 0.4) is 0 Å². The van der Waals surface area contributed by atoms with Gasteiger partial charge in [-0.15, -0.1) is 0 Å². The molecule has 1 aromatic rings. The van der Waals surface area contributed by atoms with Crippen LogP contribution < -0.4 is 11.5 Å². The number of nitro groups is 1. The molecule has 0 spiro atoms. The third-order valence-corrected chi connectivity index (χ3v) is 2.01. The van der Waals surface area contributed by atoms with Gasteiger partial charge in [-0.1, -0.05) is 18.2 Å². The van der Waals surface area contributed by atoms with Crippen molar-refractivity contribution in [1.29, 1.82) is 0 Å². The Kier molecular flexibility index (Phi) is 3.55. The molecular formula is C9H13N3O2. The van der Waals surface area contributed by atoms with Gasteiger partial charge in [0.05, 0.1) is 4.92 Å². The first kappa shape index (κ1) is 10.6. The lowest BCUT2D eigenvalue weighted by Crippen LogP contribution is -2.16. The Labute approximate surface area is 81.9 Å². The molecule has 0 fully saturated rings. The summed E-state index contributed by atoms with van der Waals surface area (Å²) < 4.78 is 0. The Hall–Kier alpha value is -1.46. The average molecular weight is 195 g/mol. The molecule has 0 aliphatic carbocycles. The van der Waals surface area contributed by atoms with Crippen molar-refractivity contribution in [2.45, 2.75) is 12.5 Å². The van der Waals surface area contributed by atoms with E-state index in [1.165, 1.54) is 6.07 Å². The number of para-hydroxylation sites is 1. The molecule has 1 rings (SSSR count). The highest BCUT2D eigenvalue weighted by Crippen LogP contribution is 2.24. The molecule has 0 aliphatic rings. The van der Waals surface area contributed by atoms with Gasteiger partial charge in [0.1, 0.15) is 0 Å². The van der Waals surface area contributed by atoms with E-state index in [1.807, 2.05) is 0 Å². The number of hydrogen-bond acceptors (Lipinski definition) is 4. The first-order valence-electron chi connectivity index (χ1n) is 4.35. The minimum atomic E-state index is -0.425. The van der Waals surface area contributed by atoms with Crippen LogP contribution in [-0.2, 0) is 0 Å². The van der Waals surface area contributed by atoms with E-state index in [1.54, 1.807) is 18.2 Å². The molecule has 76 valence electrons. The Morgan fingerprint density at radius 2 is 2.07 bits per heavy atom. The van der Waals surface area contributed by atoms with E-state index in [-0.39, 0.29) is 11.7 Å². The number of nitro benzene ring substituents is 1. The quantitative estimate of drug-likeness (QED) is 0.552. The van der Waals surface area contributed by atoms with E-state index in [4.69, 9.17) is 11.5 Å². The number of nitrogens with zero attached hydrogens (tertiary/aromatic N) is 1. The standard InChI is InChI=1S/C9H13N3O2/c10-6-5-8(11)7-3-1-2-4-9(7)12(13)14/h1-4,8H,5-6,10-11H2/t8-/m1/s1. The predicted octanol–water partition coefficient (Wildman–Crippen LogP) is 0.943. The molecule has 0 unspecified atom stereocenters. The van der Waals surface area contributed by atoms with Crippen LogP contribution in [0.4, 0.5) is 5.69 Å². The molecule has 0 heterocycles. The highest BCUT2D eigenvalue weighted by Gasteiger charge is 2.17. The Bertz CT molecular complexity index is 328. The topological polar surface area (TPSA) is 95.2 Å². The van der Waals surface area contributed by atoms with Gasteiger partial charge in [0, 0.05) is 17.7 Å².